The van der Waals surface area contributed by atoms with E-state index in [4.69, 9.17) is 4.74 Å². The number of hydrogen-bond donors (Lipinski definition) is 3. The summed E-state index contributed by atoms with van der Waals surface area (Å²) in [5.74, 6) is -1.22. The van der Waals surface area contributed by atoms with E-state index < -0.39 is 42.2 Å². The summed E-state index contributed by atoms with van der Waals surface area (Å²) in [5, 5.41) is 30.3. The third kappa shape index (κ3) is 2.72. The van der Waals surface area contributed by atoms with Crippen LogP contribution in [0.5, 0.6) is 0 Å². The lowest BCUT2D eigenvalue weighted by Gasteiger charge is -2.42. The smallest absolute Gasteiger partial charge is 0.338 e. The van der Waals surface area contributed by atoms with Gasteiger partial charge in [-0.2, -0.15) is 0 Å². The van der Waals surface area contributed by atoms with Crippen molar-refractivity contribution in [3.8, 4) is 0 Å². The molecule has 0 spiro atoms. The van der Waals surface area contributed by atoms with Crippen LogP contribution < -0.4 is 0 Å². The van der Waals surface area contributed by atoms with E-state index in [-0.39, 0.29) is 12.1 Å². The van der Waals surface area contributed by atoms with Crippen LogP contribution in [0.25, 0.3) is 0 Å². The predicted molar refractivity (Wildman–Crippen MR) is 73.6 cm³/mol. The fourth-order valence-electron chi connectivity index (χ4n) is 3.21. The van der Waals surface area contributed by atoms with E-state index in [2.05, 4.69) is 0 Å². The number of aliphatic hydroxyl groups excluding tert-OH is 3. The summed E-state index contributed by atoms with van der Waals surface area (Å²) in [4.78, 5) is 13.8. The number of hydrogen-bond acceptors (Lipinski definition) is 6. The minimum Gasteiger partial charge on any atom is -0.453 e. The Kier molecular flexibility index (Phi) is 4.14. The van der Waals surface area contributed by atoms with Gasteiger partial charge in [0.05, 0.1) is 17.7 Å². The average molecular weight is 311 g/mol. The molecule has 22 heavy (non-hydrogen) atoms. The van der Waals surface area contributed by atoms with Crippen LogP contribution >= 0.6 is 0 Å². The van der Waals surface area contributed by atoms with Crippen LogP contribution in [-0.2, 0) is 4.74 Å². The van der Waals surface area contributed by atoms with Crippen molar-refractivity contribution in [2.75, 3.05) is 13.1 Å². The molecule has 0 aromatic heterocycles. The fraction of sp³-hybridized carbons (Fsp3) is 0.533. The molecule has 2 aliphatic heterocycles. The number of carbonyl (C=O) groups excluding carboxylic acids is 1. The number of fused-ring (bicyclic) bond motifs is 1. The standard InChI is InChI=1S/C15H18FNO5/c16-9-3-1-8(2-4-9)15(21)22-14-11(19)7-17-6-5-10(18)12(17)13(14)20/h1-4,10-14,18-20H,5-7H2/t10-,11?,12?,13?,14?/m0/s1. The highest BCUT2D eigenvalue weighted by atomic mass is 19.1. The molecule has 6 nitrogen and oxygen atoms in total. The van der Waals surface area contributed by atoms with E-state index in [1.54, 1.807) is 4.90 Å². The second-order valence-electron chi connectivity index (χ2n) is 5.78. The number of carbonyl (C=O) groups is 1. The summed E-state index contributed by atoms with van der Waals surface area (Å²) >= 11 is 0. The van der Waals surface area contributed by atoms with Gasteiger partial charge >= 0.3 is 5.97 Å². The van der Waals surface area contributed by atoms with Gasteiger partial charge in [0.2, 0.25) is 0 Å². The Morgan fingerprint density at radius 3 is 2.55 bits per heavy atom. The van der Waals surface area contributed by atoms with Crippen LogP contribution in [0.2, 0.25) is 0 Å². The lowest BCUT2D eigenvalue weighted by Crippen LogP contribution is -2.62. The molecule has 0 amide bonds. The van der Waals surface area contributed by atoms with Gasteiger partial charge in [0, 0.05) is 13.1 Å². The van der Waals surface area contributed by atoms with Crippen LogP contribution in [-0.4, -0.2) is 69.7 Å². The molecule has 120 valence electrons. The maximum absolute atomic E-state index is 12.9. The third-order valence-electron chi connectivity index (χ3n) is 4.34. The van der Waals surface area contributed by atoms with Crippen molar-refractivity contribution in [2.24, 2.45) is 0 Å². The van der Waals surface area contributed by atoms with Crippen molar-refractivity contribution < 1.29 is 29.2 Å². The summed E-state index contributed by atoms with van der Waals surface area (Å²) in [6.07, 6.45) is -3.54. The first-order valence-electron chi connectivity index (χ1n) is 7.22. The number of halogens is 1. The molecule has 1 aromatic carbocycles. The molecular weight excluding hydrogens is 293 g/mol. The molecule has 0 radical (unpaired) electrons. The molecule has 0 aliphatic carbocycles. The van der Waals surface area contributed by atoms with Gasteiger partial charge in [-0.1, -0.05) is 0 Å². The van der Waals surface area contributed by atoms with Gasteiger partial charge in [-0.05, 0) is 30.7 Å². The van der Waals surface area contributed by atoms with Crippen molar-refractivity contribution in [2.45, 2.75) is 36.9 Å². The van der Waals surface area contributed by atoms with Gasteiger partial charge in [-0.3, -0.25) is 4.90 Å². The summed E-state index contributed by atoms with van der Waals surface area (Å²) in [5.41, 5.74) is 0.134. The maximum atomic E-state index is 12.9. The van der Waals surface area contributed by atoms with Gasteiger partial charge in [-0.25, -0.2) is 9.18 Å². The molecule has 2 saturated heterocycles. The minimum absolute atomic E-state index is 0.134. The number of nitrogens with zero attached hydrogens (tertiary/aromatic N) is 1. The molecule has 7 heteroatoms. The zero-order chi connectivity index (χ0) is 15.9. The number of ether oxygens (including phenoxy) is 1. The van der Waals surface area contributed by atoms with E-state index >= 15 is 0 Å². The first-order chi connectivity index (χ1) is 10.5. The highest BCUT2D eigenvalue weighted by Crippen LogP contribution is 2.30. The van der Waals surface area contributed by atoms with Crippen molar-refractivity contribution in [3.05, 3.63) is 35.6 Å². The summed E-state index contributed by atoms with van der Waals surface area (Å²) < 4.78 is 18.1. The van der Waals surface area contributed by atoms with Crippen molar-refractivity contribution in [3.63, 3.8) is 0 Å². The fourth-order valence-corrected chi connectivity index (χ4v) is 3.21. The Morgan fingerprint density at radius 2 is 1.86 bits per heavy atom. The number of piperidine rings is 1. The lowest BCUT2D eigenvalue weighted by atomic mass is 9.92. The van der Waals surface area contributed by atoms with Crippen LogP contribution in [0.15, 0.2) is 24.3 Å². The topological polar surface area (TPSA) is 90.2 Å². The van der Waals surface area contributed by atoms with Gasteiger partial charge in [0.25, 0.3) is 0 Å². The molecule has 5 atom stereocenters. The molecule has 0 saturated carbocycles. The molecule has 0 bridgehead atoms. The van der Waals surface area contributed by atoms with Gasteiger partial charge in [0.15, 0.2) is 6.10 Å². The first kappa shape index (κ1) is 15.4. The molecule has 3 N–H and O–H groups in total. The van der Waals surface area contributed by atoms with Gasteiger partial charge in [0.1, 0.15) is 18.0 Å². The molecule has 4 unspecified atom stereocenters. The Hall–Kier alpha value is -1.54. The lowest BCUT2D eigenvalue weighted by molar-refractivity contribution is -0.144. The second kappa shape index (κ2) is 5.92. The molecular formula is C15H18FNO5. The first-order valence-corrected chi connectivity index (χ1v) is 7.22. The molecule has 2 fully saturated rings. The van der Waals surface area contributed by atoms with Crippen molar-refractivity contribution in [1.29, 1.82) is 0 Å². The third-order valence-corrected chi connectivity index (χ3v) is 4.34. The zero-order valence-corrected chi connectivity index (χ0v) is 11.8. The van der Waals surface area contributed by atoms with Crippen LogP contribution in [0, 0.1) is 5.82 Å². The van der Waals surface area contributed by atoms with E-state index in [0.29, 0.717) is 13.0 Å². The number of rotatable bonds is 2. The summed E-state index contributed by atoms with van der Waals surface area (Å²) in [7, 11) is 0. The minimum atomic E-state index is -1.18. The van der Waals surface area contributed by atoms with E-state index in [0.717, 1.165) is 12.1 Å². The second-order valence-corrected chi connectivity index (χ2v) is 5.78. The molecule has 2 aliphatic rings. The highest BCUT2D eigenvalue weighted by Gasteiger charge is 2.49. The number of aliphatic hydroxyl groups is 3. The quantitative estimate of drug-likeness (QED) is 0.639. The van der Waals surface area contributed by atoms with Crippen LogP contribution in [0.4, 0.5) is 4.39 Å². The largest absolute Gasteiger partial charge is 0.453 e. The zero-order valence-electron chi connectivity index (χ0n) is 11.8. The van der Waals surface area contributed by atoms with Crippen LogP contribution in [0.1, 0.15) is 16.8 Å². The van der Waals surface area contributed by atoms with E-state index in [1.165, 1.54) is 12.1 Å². The maximum Gasteiger partial charge on any atom is 0.338 e. The monoisotopic (exact) mass is 311 g/mol. The Morgan fingerprint density at radius 1 is 1.18 bits per heavy atom. The van der Waals surface area contributed by atoms with Gasteiger partial charge in [-0.15, -0.1) is 0 Å². The number of esters is 1. The van der Waals surface area contributed by atoms with Crippen molar-refractivity contribution in [1.82, 2.24) is 4.90 Å². The SMILES string of the molecule is O=C(OC1C(O)CN2CC[C@H](O)C2C1O)c1ccc(F)cc1. The van der Waals surface area contributed by atoms with Crippen molar-refractivity contribution >= 4 is 5.97 Å². The Balaban J connectivity index is 1.73. The average Bonchev–Trinajstić information content (AvgIpc) is 2.85. The van der Waals surface area contributed by atoms with E-state index in [9.17, 15) is 24.5 Å². The van der Waals surface area contributed by atoms with Gasteiger partial charge < -0.3 is 20.1 Å². The summed E-state index contributed by atoms with van der Waals surface area (Å²) in [6, 6.07) is 4.26. The van der Waals surface area contributed by atoms with Crippen LogP contribution in [0.3, 0.4) is 0 Å². The Labute approximate surface area is 126 Å². The molecule has 2 heterocycles. The number of benzene rings is 1. The summed E-state index contributed by atoms with van der Waals surface area (Å²) in [6.45, 7) is 0.804. The molecule has 1 aromatic rings. The van der Waals surface area contributed by atoms with E-state index in [1.807, 2.05) is 0 Å². The normalized spacial score (nSPS) is 35.2. The highest BCUT2D eigenvalue weighted by molar-refractivity contribution is 5.89. The molecule has 3 rings (SSSR count). The predicted octanol–water partition coefficient (Wildman–Crippen LogP) is -0.478. The Bertz CT molecular complexity index is 551.